The van der Waals surface area contributed by atoms with Gasteiger partial charge in [-0.2, -0.15) is 5.10 Å². The maximum absolute atomic E-state index is 12.6. The first-order chi connectivity index (χ1) is 16.1. The highest BCUT2D eigenvalue weighted by Crippen LogP contribution is 2.24. The Morgan fingerprint density at radius 3 is 2.45 bits per heavy atom. The number of nitro groups is 1. The Balaban J connectivity index is 1.38. The molecule has 0 spiro atoms. The molecule has 0 saturated heterocycles. The van der Waals surface area contributed by atoms with E-state index >= 15 is 0 Å². The highest BCUT2D eigenvalue weighted by molar-refractivity contribution is 5.97. The first-order valence-corrected chi connectivity index (χ1v) is 10.0. The molecule has 4 rings (SSSR count). The molecule has 0 radical (unpaired) electrons. The van der Waals surface area contributed by atoms with Crippen molar-refractivity contribution in [3.8, 4) is 17.1 Å². The zero-order valence-corrected chi connectivity index (χ0v) is 17.4. The number of hydrogen-bond acceptors (Lipinski definition) is 6. The molecule has 1 aromatic heterocycles. The minimum absolute atomic E-state index is 0.00262. The zero-order chi connectivity index (χ0) is 23.0. The molecule has 0 fully saturated rings. The van der Waals surface area contributed by atoms with E-state index in [-0.39, 0.29) is 5.69 Å². The Kier molecular flexibility index (Phi) is 6.56. The van der Waals surface area contributed by atoms with Crippen molar-refractivity contribution in [3.05, 3.63) is 118 Å². The number of furan rings is 1. The number of ether oxygens (including phenoxy) is 1. The number of benzene rings is 3. The zero-order valence-electron chi connectivity index (χ0n) is 17.4. The topological polar surface area (TPSA) is 107 Å². The summed E-state index contributed by atoms with van der Waals surface area (Å²) in [5, 5.41) is 14.7. The quantitative estimate of drug-likeness (QED) is 0.230. The third-order valence-electron chi connectivity index (χ3n) is 4.72. The Morgan fingerprint density at radius 2 is 1.70 bits per heavy atom. The van der Waals surface area contributed by atoms with Crippen LogP contribution in [0.2, 0.25) is 0 Å². The summed E-state index contributed by atoms with van der Waals surface area (Å²) >= 11 is 0. The summed E-state index contributed by atoms with van der Waals surface area (Å²) in [5.74, 6) is 0.971. The molecule has 1 heterocycles. The molecular weight excluding hydrogens is 422 g/mol. The smallest absolute Gasteiger partial charge is 0.275 e. The van der Waals surface area contributed by atoms with Gasteiger partial charge in [0.15, 0.2) is 0 Å². The van der Waals surface area contributed by atoms with E-state index in [9.17, 15) is 14.9 Å². The number of carbonyl (C=O) groups is 1. The lowest BCUT2D eigenvalue weighted by Gasteiger charge is -2.10. The van der Waals surface area contributed by atoms with E-state index < -0.39 is 10.8 Å². The van der Waals surface area contributed by atoms with Gasteiger partial charge in [-0.05, 0) is 42.0 Å². The molecule has 164 valence electrons. The number of nitrogens with one attached hydrogen (secondary N) is 1. The van der Waals surface area contributed by atoms with E-state index in [1.165, 1.54) is 18.3 Å². The van der Waals surface area contributed by atoms with Crippen molar-refractivity contribution in [2.75, 3.05) is 0 Å². The lowest BCUT2D eigenvalue weighted by Crippen LogP contribution is -2.18. The molecule has 3 aromatic carbocycles. The van der Waals surface area contributed by atoms with Gasteiger partial charge in [0.2, 0.25) is 0 Å². The van der Waals surface area contributed by atoms with E-state index in [0.29, 0.717) is 35.0 Å². The van der Waals surface area contributed by atoms with Gasteiger partial charge in [-0.25, -0.2) is 5.43 Å². The second-order valence-electron chi connectivity index (χ2n) is 6.98. The van der Waals surface area contributed by atoms with Gasteiger partial charge in [-0.3, -0.25) is 14.9 Å². The molecule has 0 saturated carbocycles. The molecular formula is C25H19N3O5. The molecule has 4 aromatic rings. The van der Waals surface area contributed by atoms with Gasteiger partial charge in [0.1, 0.15) is 23.9 Å². The maximum atomic E-state index is 12.6. The van der Waals surface area contributed by atoms with Crippen molar-refractivity contribution >= 4 is 17.8 Å². The van der Waals surface area contributed by atoms with Crippen molar-refractivity contribution in [1.82, 2.24) is 5.43 Å². The van der Waals surface area contributed by atoms with E-state index in [1.54, 1.807) is 48.5 Å². The molecule has 8 heteroatoms. The molecule has 0 unspecified atom stereocenters. The Morgan fingerprint density at radius 1 is 0.970 bits per heavy atom. The standard InChI is InChI=1S/C25H19N3O5/c29-25(22-8-4-5-9-24(22)32-17-18-6-2-1-3-7-18)27-26-16-21-14-15-23(33-21)19-10-12-20(13-11-19)28(30)31/h1-16H,17H2,(H,27,29)/b26-16-. The van der Waals surface area contributed by atoms with Crippen LogP contribution < -0.4 is 10.2 Å². The van der Waals surface area contributed by atoms with Crippen LogP contribution >= 0.6 is 0 Å². The van der Waals surface area contributed by atoms with Gasteiger partial charge in [0.25, 0.3) is 11.6 Å². The van der Waals surface area contributed by atoms with Gasteiger partial charge in [-0.15, -0.1) is 0 Å². The number of non-ortho nitro benzene ring substituents is 1. The van der Waals surface area contributed by atoms with Crippen molar-refractivity contribution in [2.24, 2.45) is 5.10 Å². The largest absolute Gasteiger partial charge is 0.488 e. The van der Waals surface area contributed by atoms with Crippen molar-refractivity contribution in [2.45, 2.75) is 6.61 Å². The van der Waals surface area contributed by atoms with Gasteiger partial charge >= 0.3 is 0 Å². The summed E-state index contributed by atoms with van der Waals surface area (Å²) in [4.78, 5) is 22.9. The normalized spacial score (nSPS) is 10.8. The fourth-order valence-electron chi connectivity index (χ4n) is 3.05. The summed E-state index contributed by atoms with van der Waals surface area (Å²) in [6.45, 7) is 0.340. The number of carbonyl (C=O) groups excluding carboxylic acids is 1. The van der Waals surface area contributed by atoms with Crippen LogP contribution in [0.3, 0.4) is 0 Å². The molecule has 8 nitrogen and oxygen atoms in total. The average molecular weight is 441 g/mol. The minimum Gasteiger partial charge on any atom is -0.488 e. The van der Waals surface area contributed by atoms with Gasteiger partial charge in [-0.1, -0.05) is 42.5 Å². The van der Waals surface area contributed by atoms with Crippen LogP contribution in [-0.2, 0) is 6.61 Å². The highest BCUT2D eigenvalue weighted by Gasteiger charge is 2.12. The Labute approximate surface area is 189 Å². The molecule has 0 aliphatic carbocycles. The third kappa shape index (κ3) is 5.50. The molecule has 33 heavy (non-hydrogen) atoms. The summed E-state index contributed by atoms with van der Waals surface area (Å²) in [6.07, 6.45) is 1.38. The number of para-hydroxylation sites is 1. The third-order valence-corrected chi connectivity index (χ3v) is 4.72. The van der Waals surface area contributed by atoms with E-state index in [4.69, 9.17) is 9.15 Å². The predicted molar refractivity (Wildman–Crippen MR) is 123 cm³/mol. The first kappa shape index (κ1) is 21.5. The average Bonchev–Trinajstić information content (AvgIpc) is 3.32. The maximum Gasteiger partial charge on any atom is 0.275 e. The molecule has 0 bridgehead atoms. The lowest BCUT2D eigenvalue weighted by molar-refractivity contribution is -0.384. The van der Waals surface area contributed by atoms with Crippen LogP contribution in [0, 0.1) is 10.1 Å². The molecule has 1 N–H and O–H groups in total. The summed E-state index contributed by atoms with van der Waals surface area (Å²) in [5.41, 5.74) is 4.51. The number of nitrogens with zero attached hydrogens (tertiary/aromatic N) is 2. The van der Waals surface area contributed by atoms with Crippen LogP contribution in [0.25, 0.3) is 11.3 Å². The molecule has 0 aliphatic heterocycles. The van der Waals surface area contributed by atoms with Crippen LogP contribution in [0.1, 0.15) is 21.7 Å². The number of amides is 1. The van der Waals surface area contributed by atoms with Gasteiger partial charge in [0, 0.05) is 17.7 Å². The monoisotopic (exact) mass is 441 g/mol. The first-order valence-electron chi connectivity index (χ1n) is 10.0. The van der Waals surface area contributed by atoms with Gasteiger partial charge < -0.3 is 9.15 Å². The number of nitro benzene ring substituents is 1. The number of rotatable bonds is 8. The summed E-state index contributed by atoms with van der Waals surface area (Å²) in [6, 6.07) is 26.0. The highest BCUT2D eigenvalue weighted by atomic mass is 16.6. The number of hydrogen-bond donors (Lipinski definition) is 1. The van der Waals surface area contributed by atoms with Crippen LogP contribution in [-0.4, -0.2) is 17.0 Å². The Hall–Kier alpha value is -4.72. The molecule has 1 amide bonds. The van der Waals surface area contributed by atoms with Crippen molar-refractivity contribution in [3.63, 3.8) is 0 Å². The summed E-state index contributed by atoms with van der Waals surface area (Å²) < 4.78 is 11.5. The van der Waals surface area contributed by atoms with Crippen LogP contribution in [0.15, 0.2) is 101 Å². The Bertz CT molecular complexity index is 1280. The minimum atomic E-state index is -0.461. The van der Waals surface area contributed by atoms with Crippen LogP contribution in [0.4, 0.5) is 5.69 Å². The van der Waals surface area contributed by atoms with E-state index in [1.807, 2.05) is 30.3 Å². The fraction of sp³-hybridized carbons (Fsp3) is 0.0400. The van der Waals surface area contributed by atoms with Crippen LogP contribution in [0.5, 0.6) is 5.75 Å². The van der Waals surface area contributed by atoms with Crippen molar-refractivity contribution < 1.29 is 18.9 Å². The van der Waals surface area contributed by atoms with E-state index in [0.717, 1.165) is 5.56 Å². The van der Waals surface area contributed by atoms with E-state index in [2.05, 4.69) is 10.5 Å². The lowest BCUT2D eigenvalue weighted by atomic mass is 10.1. The SMILES string of the molecule is O=C(N/N=C\c1ccc(-c2ccc([N+](=O)[O-])cc2)o1)c1ccccc1OCc1ccccc1. The molecule has 0 aliphatic rings. The second-order valence-corrected chi connectivity index (χ2v) is 6.98. The second kappa shape index (κ2) is 10.1. The fourth-order valence-corrected chi connectivity index (χ4v) is 3.05. The summed E-state index contributed by atoms with van der Waals surface area (Å²) in [7, 11) is 0. The van der Waals surface area contributed by atoms with Crippen molar-refractivity contribution in [1.29, 1.82) is 0 Å². The predicted octanol–water partition coefficient (Wildman–Crippen LogP) is 5.20. The number of hydrazone groups is 1. The van der Waals surface area contributed by atoms with Gasteiger partial charge in [0.05, 0.1) is 16.7 Å². The molecule has 0 atom stereocenters.